The summed E-state index contributed by atoms with van der Waals surface area (Å²) in [6, 6.07) is 12.9. The van der Waals surface area contributed by atoms with E-state index in [9.17, 15) is 4.79 Å². The first-order chi connectivity index (χ1) is 15.0. The second-order valence-corrected chi connectivity index (χ2v) is 8.98. The highest BCUT2D eigenvalue weighted by Crippen LogP contribution is 2.34. The lowest BCUT2D eigenvalue weighted by atomic mass is 10.3. The number of ether oxygens (including phenoxy) is 1. The Labute approximate surface area is 193 Å². The minimum Gasteiger partial charge on any atom is -0.493 e. The SMILES string of the molecule is COc1ccnc2c(=O)n(-c3nc4ccc(Sc5ccccc5Cl)nc4s3)c(=S)oc12. The van der Waals surface area contributed by atoms with Crippen LogP contribution in [-0.2, 0) is 0 Å². The highest BCUT2D eigenvalue weighted by Gasteiger charge is 2.17. The first-order valence-electron chi connectivity index (χ1n) is 8.84. The standard InChI is InChI=1S/C20H11ClN4O3S3/c1-27-12-8-9-22-15-16(12)28-20(29)25(18(15)26)19-23-11-6-7-14(24-17(11)31-19)30-13-5-3-2-4-10(13)21/h2-9H,1H3. The molecule has 31 heavy (non-hydrogen) atoms. The lowest BCUT2D eigenvalue weighted by Gasteiger charge is -2.05. The molecule has 0 N–H and O–H groups in total. The Bertz CT molecular complexity index is 1580. The maximum absolute atomic E-state index is 13.1. The molecule has 4 heterocycles. The van der Waals surface area contributed by atoms with Gasteiger partial charge in [0.15, 0.2) is 11.3 Å². The van der Waals surface area contributed by atoms with Gasteiger partial charge in [-0.1, -0.05) is 46.8 Å². The maximum Gasteiger partial charge on any atom is 0.290 e. The molecular weight excluding hydrogens is 476 g/mol. The van der Waals surface area contributed by atoms with Crippen LogP contribution in [0.1, 0.15) is 0 Å². The molecule has 5 rings (SSSR count). The van der Waals surface area contributed by atoms with E-state index in [0.29, 0.717) is 26.3 Å². The molecule has 7 nitrogen and oxygen atoms in total. The zero-order valence-electron chi connectivity index (χ0n) is 15.7. The molecule has 1 aromatic carbocycles. The molecule has 0 fully saturated rings. The zero-order valence-corrected chi connectivity index (χ0v) is 18.9. The Kier molecular flexibility index (Phi) is 5.22. The zero-order chi connectivity index (χ0) is 21.5. The van der Waals surface area contributed by atoms with Crippen LogP contribution in [0, 0.1) is 4.84 Å². The first-order valence-corrected chi connectivity index (χ1v) is 11.3. The van der Waals surface area contributed by atoms with Gasteiger partial charge in [-0.3, -0.25) is 4.79 Å². The van der Waals surface area contributed by atoms with Crippen LogP contribution < -0.4 is 10.3 Å². The number of nitrogens with zero attached hydrogens (tertiary/aromatic N) is 4. The van der Waals surface area contributed by atoms with Gasteiger partial charge in [0.25, 0.3) is 10.4 Å². The van der Waals surface area contributed by atoms with E-state index < -0.39 is 5.56 Å². The van der Waals surface area contributed by atoms with Crippen molar-refractivity contribution < 1.29 is 9.15 Å². The minimum atomic E-state index is -0.435. The molecule has 0 aliphatic heterocycles. The van der Waals surface area contributed by atoms with Crippen molar-refractivity contribution in [3.8, 4) is 10.9 Å². The molecule has 0 amide bonds. The maximum atomic E-state index is 13.1. The summed E-state index contributed by atoms with van der Waals surface area (Å²) in [6.45, 7) is 0. The summed E-state index contributed by atoms with van der Waals surface area (Å²) in [5, 5.41) is 1.77. The van der Waals surface area contributed by atoms with Gasteiger partial charge in [-0.25, -0.2) is 19.5 Å². The van der Waals surface area contributed by atoms with Gasteiger partial charge in [-0.05, 0) is 36.5 Å². The smallest absolute Gasteiger partial charge is 0.290 e. The third-order valence-electron chi connectivity index (χ3n) is 4.33. The number of thiazole rings is 1. The van der Waals surface area contributed by atoms with E-state index >= 15 is 0 Å². The average Bonchev–Trinajstić information content (AvgIpc) is 3.18. The summed E-state index contributed by atoms with van der Waals surface area (Å²) in [5.41, 5.74) is 0.516. The third kappa shape index (κ3) is 3.61. The molecule has 11 heteroatoms. The van der Waals surface area contributed by atoms with Gasteiger partial charge in [0.2, 0.25) is 10.7 Å². The second-order valence-electron chi connectivity index (χ2n) is 6.20. The summed E-state index contributed by atoms with van der Waals surface area (Å²) in [7, 11) is 1.48. The predicted octanol–water partition coefficient (Wildman–Crippen LogP) is 5.53. The molecule has 0 saturated heterocycles. The number of hydrogen-bond donors (Lipinski definition) is 0. The first kappa shape index (κ1) is 20.1. The molecule has 154 valence electrons. The number of aromatic nitrogens is 4. The van der Waals surface area contributed by atoms with E-state index in [4.69, 9.17) is 33.0 Å². The fourth-order valence-electron chi connectivity index (χ4n) is 2.91. The van der Waals surface area contributed by atoms with Crippen LogP contribution >= 0.6 is 46.9 Å². The topological polar surface area (TPSA) is 83.0 Å². The number of fused-ring (bicyclic) bond motifs is 2. The molecule has 0 atom stereocenters. The summed E-state index contributed by atoms with van der Waals surface area (Å²) in [4.78, 5) is 27.9. The normalized spacial score (nSPS) is 11.3. The minimum absolute atomic E-state index is 0.0477. The summed E-state index contributed by atoms with van der Waals surface area (Å²) in [5.74, 6) is 0.382. The van der Waals surface area contributed by atoms with Crippen molar-refractivity contribution in [1.82, 2.24) is 19.5 Å². The second kappa shape index (κ2) is 8.04. The molecule has 0 aliphatic carbocycles. The summed E-state index contributed by atoms with van der Waals surface area (Å²) in [6.07, 6.45) is 1.48. The highest BCUT2D eigenvalue weighted by atomic mass is 35.5. The van der Waals surface area contributed by atoms with Crippen molar-refractivity contribution in [1.29, 1.82) is 0 Å². The number of rotatable bonds is 4. The lowest BCUT2D eigenvalue weighted by molar-refractivity contribution is 0.404. The Morgan fingerprint density at radius 2 is 2.03 bits per heavy atom. The number of pyridine rings is 2. The van der Waals surface area contributed by atoms with Gasteiger partial charge >= 0.3 is 0 Å². The fourth-order valence-corrected chi connectivity index (χ4v) is 5.28. The lowest BCUT2D eigenvalue weighted by Crippen LogP contribution is -2.20. The van der Waals surface area contributed by atoms with Crippen molar-refractivity contribution in [3.05, 3.63) is 68.9 Å². The molecule has 4 aromatic heterocycles. The number of halogens is 1. The Morgan fingerprint density at radius 3 is 2.84 bits per heavy atom. The molecule has 0 saturated carbocycles. The number of benzene rings is 1. The van der Waals surface area contributed by atoms with Crippen LogP contribution in [0.5, 0.6) is 5.75 Å². The van der Waals surface area contributed by atoms with Crippen LogP contribution in [0.25, 0.3) is 26.6 Å². The predicted molar refractivity (Wildman–Crippen MR) is 124 cm³/mol. The molecule has 0 radical (unpaired) electrons. The van der Waals surface area contributed by atoms with Crippen LogP contribution in [0.2, 0.25) is 5.02 Å². The summed E-state index contributed by atoms with van der Waals surface area (Å²) < 4.78 is 12.1. The van der Waals surface area contributed by atoms with Crippen LogP contribution in [0.3, 0.4) is 0 Å². The van der Waals surface area contributed by atoms with E-state index in [1.54, 1.807) is 6.07 Å². The molecule has 0 bridgehead atoms. The van der Waals surface area contributed by atoms with E-state index in [-0.39, 0.29) is 15.9 Å². The molecule has 0 aliphatic rings. The monoisotopic (exact) mass is 486 g/mol. The quantitative estimate of drug-likeness (QED) is 0.307. The molecule has 5 aromatic rings. The Morgan fingerprint density at radius 1 is 1.19 bits per heavy atom. The van der Waals surface area contributed by atoms with Crippen LogP contribution in [0.15, 0.2) is 67.8 Å². The molecular formula is C20H11ClN4O3S3. The van der Waals surface area contributed by atoms with Gasteiger partial charge in [-0.2, -0.15) is 0 Å². The van der Waals surface area contributed by atoms with Gasteiger partial charge < -0.3 is 9.15 Å². The van der Waals surface area contributed by atoms with Gasteiger partial charge in [-0.15, -0.1) is 0 Å². The average molecular weight is 487 g/mol. The summed E-state index contributed by atoms with van der Waals surface area (Å²) >= 11 is 14.3. The van der Waals surface area contributed by atoms with Crippen molar-refractivity contribution >= 4 is 68.4 Å². The van der Waals surface area contributed by atoms with Crippen molar-refractivity contribution in [2.75, 3.05) is 7.11 Å². The van der Waals surface area contributed by atoms with Crippen LogP contribution in [-0.4, -0.2) is 26.6 Å². The van der Waals surface area contributed by atoms with E-state index in [1.165, 1.54) is 41.0 Å². The van der Waals surface area contributed by atoms with Crippen molar-refractivity contribution in [2.24, 2.45) is 0 Å². The van der Waals surface area contributed by atoms with Gasteiger partial charge in [0, 0.05) is 17.2 Å². The largest absolute Gasteiger partial charge is 0.493 e. The van der Waals surface area contributed by atoms with Crippen molar-refractivity contribution in [3.63, 3.8) is 0 Å². The van der Waals surface area contributed by atoms with Crippen molar-refractivity contribution in [2.45, 2.75) is 9.92 Å². The third-order valence-corrected chi connectivity index (χ3v) is 7.00. The van der Waals surface area contributed by atoms with Crippen LogP contribution in [0.4, 0.5) is 0 Å². The van der Waals surface area contributed by atoms with E-state index in [1.807, 2.05) is 36.4 Å². The van der Waals surface area contributed by atoms with Gasteiger partial charge in [0.1, 0.15) is 15.4 Å². The highest BCUT2D eigenvalue weighted by molar-refractivity contribution is 7.99. The van der Waals surface area contributed by atoms with Gasteiger partial charge in [0.05, 0.1) is 12.1 Å². The number of hydrogen-bond acceptors (Lipinski definition) is 9. The molecule has 0 unspecified atom stereocenters. The Hall–Kier alpha value is -2.79. The molecule has 0 spiro atoms. The number of methoxy groups -OCH3 is 1. The van der Waals surface area contributed by atoms with E-state index in [2.05, 4.69) is 15.0 Å². The van der Waals surface area contributed by atoms with E-state index in [0.717, 1.165) is 9.92 Å². The fraction of sp³-hybridized carbons (Fsp3) is 0.0500. The Balaban J connectivity index is 1.61.